The Morgan fingerprint density at radius 1 is 1.11 bits per heavy atom. The van der Waals surface area contributed by atoms with Crippen LogP contribution in [-0.4, -0.2) is 29.6 Å². The Kier molecular flexibility index (Phi) is 7.37. The lowest BCUT2D eigenvalue weighted by Crippen LogP contribution is -2.16. The molecule has 0 radical (unpaired) electrons. The van der Waals surface area contributed by atoms with E-state index in [4.69, 9.17) is 16.3 Å². The van der Waals surface area contributed by atoms with Crippen molar-refractivity contribution in [3.63, 3.8) is 0 Å². The number of aromatic carboxylic acids is 1. The smallest absolute Gasteiger partial charge is 0.339 e. The Morgan fingerprint density at radius 3 is 2.52 bits per heavy atom. The lowest BCUT2D eigenvalue weighted by molar-refractivity contribution is -0.115. The largest absolute Gasteiger partial charge is 0.478 e. The summed E-state index contributed by atoms with van der Waals surface area (Å²) >= 11 is 6.12. The predicted molar refractivity (Wildman–Crippen MR) is 102 cm³/mol. The predicted octanol–water partition coefficient (Wildman–Crippen LogP) is 4.18. The number of carboxylic acids is 1. The number of rotatable bonds is 8. The second-order valence-electron chi connectivity index (χ2n) is 5.87. The third-order valence-corrected chi connectivity index (χ3v) is 4.12. The number of amides is 1. The Balaban J connectivity index is 2.03. The fourth-order valence-electron chi connectivity index (χ4n) is 2.41. The molecule has 0 bridgehead atoms. The number of carbonyl (C=O) groups excluding carboxylic acids is 2. The van der Waals surface area contributed by atoms with Gasteiger partial charge in [0, 0.05) is 5.69 Å². The van der Waals surface area contributed by atoms with Gasteiger partial charge in [-0.05, 0) is 36.2 Å². The fourth-order valence-corrected chi connectivity index (χ4v) is 2.66. The van der Waals surface area contributed by atoms with Gasteiger partial charge in [-0.2, -0.15) is 0 Å². The highest BCUT2D eigenvalue weighted by atomic mass is 35.5. The van der Waals surface area contributed by atoms with E-state index in [1.165, 1.54) is 18.2 Å². The zero-order valence-corrected chi connectivity index (χ0v) is 15.6. The lowest BCUT2D eigenvalue weighted by atomic mass is 10.0. The zero-order chi connectivity index (χ0) is 19.8. The third-order valence-electron chi connectivity index (χ3n) is 3.80. The first kappa shape index (κ1) is 20.5. The van der Waals surface area contributed by atoms with Crippen molar-refractivity contribution in [1.29, 1.82) is 0 Å². The van der Waals surface area contributed by atoms with E-state index < -0.39 is 17.8 Å². The molecule has 2 rings (SSSR count). The Hall–Kier alpha value is -2.86. The maximum absolute atomic E-state index is 12.2. The maximum atomic E-state index is 12.2. The first-order chi connectivity index (χ1) is 12.9. The number of benzene rings is 2. The first-order valence-corrected chi connectivity index (χ1v) is 8.88. The molecule has 1 amide bonds. The highest BCUT2D eigenvalue weighted by Gasteiger charge is 2.15. The number of carbonyl (C=O) groups is 3. The second kappa shape index (κ2) is 9.73. The van der Waals surface area contributed by atoms with E-state index >= 15 is 0 Å². The molecule has 0 aliphatic heterocycles. The molecule has 0 aromatic heterocycles. The van der Waals surface area contributed by atoms with Gasteiger partial charge in [-0.1, -0.05) is 43.1 Å². The van der Waals surface area contributed by atoms with E-state index in [0.717, 1.165) is 12.8 Å². The number of unbranched alkanes of at least 4 members (excludes halogenated alkanes) is 1. The van der Waals surface area contributed by atoms with Crippen molar-refractivity contribution < 1.29 is 24.2 Å². The Bertz CT molecular complexity index is 850. The molecule has 2 aromatic carbocycles. The summed E-state index contributed by atoms with van der Waals surface area (Å²) in [6.45, 7) is 2.32. The van der Waals surface area contributed by atoms with Gasteiger partial charge in [0.25, 0.3) is 0 Å². The number of ether oxygens (including phenoxy) is 1. The molecule has 0 spiro atoms. The summed E-state index contributed by atoms with van der Waals surface area (Å²) in [6, 6.07) is 10.8. The SMILES string of the molecule is CCCCOC(=O)c1ccc(NC(=O)Cc2ccccc2C(=O)O)cc1Cl. The van der Waals surface area contributed by atoms with Crippen LogP contribution in [0.3, 0.4) is 0 Å². The number of halogens is 1. The molecule has 6 nitrogen and oxygen atoms in total. The topological polar surface area (TPSA) is 92.7 Å². The summed E-state index contributed by atoms with van der Waals surface area (Å²) in [6.07, 6.45) is 1.59. The van der Waals surface area contributed by atoms with Crippen LogP contribution in [0, 0.1) is 0 Å². The molecule has 0 aliphatic rings. The number of anilines is 1. The fraction of sp³-hybridized carbons (Fsp3) is 0.250. The summed E-state index contributed by atoms with van der Waals surface area (Å²) in [5.41, 5.74) is 1.12. The molecule has 0 saturated heterocycles. The number of hydrogen-bond donors (Lipinski definition) is 2. The van der Waals surface area contributed by atoms with E-state index in [9.17, 15) is 19.5 Å². The van der Waals surface area contributed by atoms with Crippen molar-refractivity contribution in [3.05, 3.63) is 64.2 Å². The van der Waals surface area contributed by atoms with Crippen LogP contribution >= 0.6 is 11.6 Å². The molecule has 2 aromatic rings. The highest BCUT2D eigenvalue weighted by Crippen LogP contribution is 2.22. The van der Waals surface area contributed by atoms with Crippen molar-refractivity contribution in [2.24, 2.45) is 0 Å². The van der Waals surface area contributed by atoms with Gasteiger partial charge in [-0.25, -0.2) is 9.59 Å². The van der Waals surface area contributed by atoms with E-state index in [-0.39, 0.29) is 22.6 Å². The van der Waals surface area contributed by atoms with Crippen LogP contribution in [0.25, 0.3) is 0 Å². The van der Waals surface area contributed by atoms with Gasteiger partial charge >= 0.3 is 11.9 Å². The number of hydrogen-bond acceptors (Lipinski definition) is 4. The van der Waals surface area contributed by atoms with Crippen LogP contribution < -0.4 is 5.32 Å². The Labute approximate surface area is 162 Å². The van der Waals surface area contributed by atoms with Crippen molar-refractivity contribution in [2.45, 2.75) is 26.2 Å². The minimum atomic E-state index is -1.09. The second-order valence-corrected chi connectivity index (χ2v) is 6.28. The molecule has 7 heteroatoms. The normalized spacial score (nSPS) is 10.3. The summed E-state index contributed by atoms with van der Waals surface area (Å²) in [5.74, 6) is -1.99. The maximum Gasteiger partial charge on any atom is 0.339 e. The van der Waals surface area contributed by atoms with Gasteiger partial charge in [-0.15, -0.1) is 0 Å². The number of esters is 1. The molecule has 0 saturated carbocycles. The molecule has 142 valence electrons. The molecule has 2 N–H and O–H groups in total. The van der Waals surface area contributed by atoms with E-state index in [1.807, 2.05) is 6.92 Å². The molecular weight excluding hydrogens is 370 g/mol. The van der Waals surface area contributed by atoms with Crippen LogP contribution in [0.5, 0.6) is 0 Å². The van der Waals surface area contributed by atoms with Crippen LogP contribution in [0.1, 0.15) is 46.0 Å². The minimum absolute atomic E-state index is 0.0795. The summed E-state index contributed by atoms with van der Waals surface area (Å²) in [4.78, 5) is 35.4. The highest BCUT2D eigenvalue weighted by molar-refractivity contribution is 6.34. The van der Waals surface area contributed by atoms with Crippen LogP contribution in [-0.2, 0) is 16.0 Å². The van der Waals surface area contributed by atoms with E-state index in [2.05, 4.69) is 5.32 Å². The molecule has 27 heavy (non-hydrogen) atoms. The third kappa shape index (κ3) is 5.82. The summed E-state index contributed by atoms with van der Waals surface area (Å²) in [5, 5.41) is 12.0. The van der Waals surface area contributed by atoms with Crippen molar-refractivity contribution in [1.82, 2.24) is 0 Å². The Morgan fingerprint density at radius 2 is 1.85 bits per heavy atom. The minimum Gasteiger partial charge on any atom is -0.478 e. The average Bonchev–Trinajstić information content (AvgIpc) is 2.62. The van der Waals surface area contributed by atoms with Gasteiger partial charge in [0.2, 0.25) is 5.91 Å². The quantitative estimate of drug-likeness (QED) is 0.522. The number of nitrogens with one attached hydrogen (secondary N) is 1. The van der Waals surface area contributed by atoms with Crippen LogP contribution in [0.4, 0.5) is 5.69 Å². The van der Waals surface area contributed by atoms with Gasteiger partial charge < -0.3 is 15.2 Å². The average molecular weight is 390 g/mol. The molecular formula is C20H20ClNO5. The number of carboxylic acid groups (broad SMARTS) is 1. The van der Waals surface area contributed by atoms with Gasteiger partial charge in [-0.3, -0.25) is 4.79 Å². The van der Waals surface area contributed by atoms with E-state index in [0.29, 0.717) is 17.9 Å². The summed E-state index contributed by atoms with van der Waals surface area (Å²) in [7, 11) is 0. The van der Waals surface area contributed by atoms with Gasteiger partial charge in [0.15, 0.2) is 0 Å². The van der Waals surface area contributed by atoms with Crippen LogP contribution in [0.15, 0.2) is 42.5 Å². The van der Waals surface area contributed by atoms with Crippen molar-refractivity contribution in [2.75, 3.05) is 11.9 Å². The van der Waals surface area contributed by atoms with Crippen molar-refractivity contribution >= 4 is 35.1 Å². The molecule has 0 heterocycles. The monoisotopic (exact) mass is 389 g/mol. The zero-order valence-electron chi connectivity index (χ0n) is 14.8. The molecule has 0 atom stereocenters. The first-order valence-electron chi connectivity index (χ1n) is 8.50. The standard InChI is InChI=1S/C20H20ClNO5/c1-2-3-10-27-20(26)16-9-8-14(12-17(16)21)22-18(23)11-13-6-4-5-7-15(13)19(24)25/h4-9,12H,2-3,10-11H2,1H3,(H,22,23)(H,24,25). The van der Waals surface area contributed by atoms with Crippen LogP contribution in [0.2, 0.25) is 5.02 Å². The molecule has 0 fully saturated rings. The molecule has 0 aliphatic carbocycles. The van der Waals surface area contributed by atoms with Crippen molar-refractivity contribution in [3.8, 4) is 0 Å². The lowest BCUT2D eigenvalue weighted by Gasteiger charge is -2.10. The summed E-state index contributed by atoms with van der Waals surface area (Å²) < 4.78 is 5.12. The van der Waals surface area contributed by atoms with E-state index in [1.54, 1.807) is 24.3 Å². The van der Waals surface area contributed by atoms with Gasteiger partial charge in [0.05, 0.1) is 29.2 Å². The molecule has 0 unspecified atom stereocenters. The van der Waals surface area contributed by atoms with Gasteiger partial charge in [0.1, 0.15) is 0 Å².